The largest absolute Gasteiger partial charge is 0.447 e. The Labute approximate surface area is 103 Å². The summed E-state index contributed by atoms with van der Waals surface area (Å²) in [5, 5.41) is 2.91. The molecule has 0 fully saturated rings. The Morgan fingerprint density at radius 2 is 2.06 bits per heavy atom. The van der Waals surface area contributed by atoms with Gasteiger partial charge in [-0.15, -0.1) is 0 Å². The lowest BCUT2D eigenvalue weighted by Gasteiger charge is -2.17. The highest BCUT2D eigenvalue weighted by atomic mass is 32.2. The van der Waals surface area contributed by atoms with Crippen LogP contribution in [0.15, 0.2) is 21.6 Å². The Balaban J connectivity index is 2.88. The predicted octanol–water partition coefficient (Wildman–Crippen LogP) is 1.28. The van der Waals surface area contributed by atoms with Gasteiger partial charge in [-0.1, -0.05) is 13.8 Å². The van der Waals surface area contributed by atoms with Gasteiger partial charge in [-0.25, -0.2) is 8.42 Å². The average Bonchev–Trinajstić information content (AvgIpc) is 2.66. The molecule has 0 saturated carbocycles. The Kier molecular flexibility index (Phi) is 4.73. The van der Waals surface area contributed by atoms with Gasteiger partial charge in [0.15, 0.2) is 0 Å². The van der Waals surface area contributed by atoms with Crippen LogP contribution in [0.1, 0.15) is 19.6 Å². The number of nitrogens with one attached hydrogen (secondary N) is 1. The minimum atomic E-state index is -3.49. The molecule has 0 radical (unpaired) electrons. The SMILES string of the molecule is CNCc1ccc(S(=O)(=O)N(C)CC(C)C)o1. The molecule has 0 unspecified atom stereocenters. The zero-order valence-electron chi connectivity index (χ0n) is 10.7. The van der Waals surface area contributed by atoms with Crippen LogP contribution in [0.4, 0.5) is 0 Å². The van der Waals surface area contributed by atoms with E-state index in [1.807, 2.05) is 13.8 Å². The van der Waals surface area contributed by atoms with Crippen LogP contribution in [0.5, 0.6) is 0 Å². The molecule has 0 aliphatic heterocycles. The molecule has 0 aliphatic carbocycles. The lowest BCUT2D eigenvalue weighted by molar-refractivity contribution is 0.369. The Morgan fingerprint density at radius 3 is 2.59 bits per heavy atom. The van der Waals surface area contributed by atoms with E-state index in [1.54, 1.807) is 20.2 Å². The maximum absolute atomic E-state index is 12.1. The van der Waals surface area contributed by atoms with Crippen LogP contribution in [-0.2, 0) is 16.6 Å². The van der Waals surface area contributed by atoms with E-state index in [-0.39, 0.29) is 11.0 Å². The van der Waals surface area contributed by atoms with Crippen molar-refractivity contribution < 1.29 is 12.8 Å². The van der Waals surface area contributed by atoms with Crippen molar-refractivity contribution in [3.8, 4) is 0 Å². The van der Waals surface area contributed by atoms with Gasteiger partial charge in [-0.05, 0) is 25.1 Å². The van der Waals surface area contributed by atoms with Crippen molar-refractivity contribution >= 4 is 10.0 Å². The lowest BCUT2D eigenvalue weighted by atomic mass is 10.2. The molecule has 5 nitrogen and oxygen atoms in total. The van der Waals surface area contributed by atoms with Gasteiger partial charge in [0.05, 0.1) is 6.54 Å². The normalized spacial score (nSPS) is 12.6. The summed E-state index contributed by atoms with van der Waals surface area (Å²) in [6.45, 7) is 4.94. The zero-order valence-corrected chi connectivity index (χ0v) is 11.5. The van der Waals surface area contributed by atoms with Crippen LogP contribution in [-0.4, -0.2) is 33.4 Å². The molecular weight excluding hydrogens is 240 g/mol. The zero-order chi connectivity index (χ0) is 13.1. The molecule has 0 spiro atoms. The maximum Gasteiger partial charge on any atom is 0.276 e. The molecule has 17 heavy (non-hydrogen) atoms. The number of rotatable bonds is 6. The third-order valence-electron chi connectivity index (χ3n) is 2.27. The summed E-state index contributed by atoms with van der Waals surface area (Å²) < 4.78 is 30.8. The Morgan fingerprint density at radius 1 is 1.41 bits per heavy atom. The molecule has 0 bridgehead atoms. The van der Waals surface area contributed by atoms with E-state index in [1.165, 1.54) is 10.4 Å². The molecule has 1 rings (SSSR count). The molecule has 98 valence electrons. The first-order chi connectivity index (χ1) is 7.87. The molecule has 6 heteroatoms. The van der Waals surface area contributed by atoms with Crippen LogP contribution < -0.4 is 5.32 Å². The molecule has 0 aliphatic rings. The van der Waals surface area contributed by atoms with Crippen LogP contribution in [0, 0.1) is 5.92 Å². The van der Waals surface area contributed by atoms with Crippen LogP contribution in [0.2, 0.25) is 0 Å². The first kappa shape index (κ1) is 14.2. The van der Waals surface area contributed by atoms with E-state index in [4.69, 9.17) is 4.42 Å². The van der Waals surface area contributed by atoms with Gasteiger partial charge in [0, 0.05) is 13.6 Å². The second-order valence-corrected chi connectivity index (χ2v) is 6.41. The lowest BCUT2D eigenvalue weighted by Crippen LogP contribution is -2.30. The van der Waals surface area contributed by atoms with Crippen LogP contribution in [0.25, 0.3) is 0 Å². The number of hydrogen-bond donors (Lipinski definition) is 1. The fourth-order valence-corrected chi connectivity index (χ4v) is 2.79. The number of sulfonamides is 1. The summed E-state index contributed by atoms with van der Waals surface area (Å²) in [5.41, 5.74) is 0. The number of hydrogen-bond acceptors (Lipinski definition) is 4. The molecule has 1 aromatic rings. The third-order valence-corrected chi connectivity index (χ3v) is 3.97. The summed E-state index contributed by atoms with van der Waals surface area (Å²) in [6.07, 6.45) is 0. The minimum absolute atomic E-state index is 0.00546. The average molecular weight is 260 g/mol. The minimum Gasteiger partial charge on any atom is -0.447 e. The van der Waals surface area contributed by atoms with Gasteiger partial charge in [0.25, 0.3) is 10.0 Å². The highest BCUT2D eigenvalue weighted by molar-refractivity contribution is 7.89. The Bertz CT molecular complexity index is 451. The Hall–Kier alpha value is -0.850. The van der Waals surface area contributed by atoms with Crippen molar-refractivity contribution in [1.29, 1.82) is 0 Å². The second-order valence-electron chi connectivity index (χ2n) is 4.43. The van der Waals surface area contributed by atoms with Crippen molar-refractivity contribution in [2.24, 2.45) is 5.92 Å². The molecule has 0 amide bonds. The van der Waals surface area contributed by atoms with Gasteiger partial charge in [-0.3, -0.25) is 0 Å². The first-order valence-corrected chi connectivity index (χ1v) is 7.01. The molecule has 1 aromatic heterocycles. The highest BCUT2D eigenvalue weighted by Crippen LogP contribution is 2.18. The fourth-order valence-electron chi connectivity index (χ4n) is 1.53. The van der Waals surface area contributed by atoms with Gasteiger partial charge >= 0.3 is 0 Å². The third kappa shape index (κ3) is 3.55. The summed E-state index contributed by atoms with van der Waals surface area (Å²) >= 11 is 0. The van der Waals surface area contributed by atoms with Crippen molar-refractivity contribution in [1.82, 2.24) is 9.62 Å². The molecular formula is C11H20N2O3S. The topological polar surface area (TPSA) is 62.6 Å². The second kappa shape index (κ2) is 5.66. The van der Waals surface area contributed by atoms with Crippen LogP contribution in [0.3, 0.4) is 0 Å². The van der Waals surface area contributed by atoms with E-state index >= 15 is 0 Å². The van der Waals surface area contributed by atoms with Gasteiger partial charge in [0.1, 0.15) is 5.76 Å². The summed E-state index contributed by atoms with van der Waals surface area (Å²) in [4.78, 5) is 0. The predicted molar refractivity (Wildman–Crippen MR) is 66.1 cm³/mol. The van der Waals surface area contributed by atoms with E-state index in [0.29, 0.717) is 18.8 Å². The van der Waals surface area contributed by atoms with Crippen LogP contribution >= 0.6 is 0 Å². The summed E-state index contributed by atoms with van der Waals surface area (Å²) in [6, 6.07) is 3.17. The first-order valence-electron chi connectivity index (χ1n) is 5.57. The molecule has 1 heterocycles. The van der Waals surface area contributed by atoms with Gasteiger partial charge < -0.3 is 9.73 Å². The van der Waals surface area contributed by atoms with Crippen molar-refractivity contribution in [3.05, 3.63) is 17.9 Å². The summed E-state index contributed by atoms with van der Waals surface area (Å²) in [5.74, 6) is 0.894. The number of nitrogens with zero attached hydrogens (tertiary/aromatic N) is 1. The standard InChI is InChI=1S/C11H20N2O3S/c1-9(2)8-13(4)17(14,15)11-6-5-10(16-11)7-12-3/h5-6,9,12H,7-8H2,1-4H3. The van der Waals surface area contributed by atoms with Gasteiger partial charge in [0.2, 0.25) is 5.09 Å². The molecule has 0 atom stereocenters. The van der Waals surface area contributed by atoms with E-state index in [0.717, 1.165) is 0 Å². The smallest absolute Gasteiger partial charge is 0.276 e. The molecule has 0 aromatic carbocycles. The van der Waals surface area contributed by atoms with Crippen molar-refractivity contribution in [3.63, 3.8) is 0 Å². The summed E-state index contributed by atoms with van der Waals surface area (Å²) in [7, 11) is -0.148. The monoisotopic (exact) mass is 260 g/mol. The fraction of sp³-hybridized carbons (Fsp3) is 0.636. The van der Waals surface area contributed by atoms with E-state index in [2.05, 4.69) is 5.32 Å². The van der Waals surface area contributed by atoms with Crippen molar-refractivity contribution in [2.75, 3.05) is 20.6 Å². The number of furan rings is 1. The molecule has 1 N–H and O–H groups in total. The van der Waals surface area contributed by atoms with E-state index < -0.39 is 10.0 Å². The highest BCUT2D eigenvalue weighted by Gasteiger charge is 2.24. The molecule has 0 saturated heterocycles. The van der Waals surface area contributed by atoms with Crippen molar-refractivity contribution in [2.45, 2.75) is 25.5 Å². The van der Waals surface area contributed by atoms with Gasteiger partial charge in [-0.2, -0.15) is 4.31 Å². The quantitative estimate of drug-likeness (QED) is 0.837. The van der Waals surface area contributed by atoms with E-state index in [9.17, 15) is 8.42 Å². The maximum atomic E-state index is 12.1.